The van der Waals surface area contributed by atoms with Crippen molar-refractivity contribution >= 4 is 21.7 Å². The van der Waals surface area contributed by atoms with Crippen LogP contribution in [0, 0.1) is 0 Å². The number of nitrogens with zero attached hydrogens (tertiary/aromatic N) is 3. The van der Waals surface area contributed by atoms with Crippen LogP contribution in [0.5, 0.6) is 0 Å². The second-order valence-electron chi connectivity index (χ2n) is 2.22. The number of rotatable bonds is 2. The van der Waals surface area contributed by atoms with Gasteiger partial charge < -0.3 is 0 Å². The minimum atomic E-state index is -0.100. The van der Waals surface area contributed by atoms with Gasteiger partial charge in [0.05, 0.1) is 0 Å². The lowest BCUT2D eigenvalue weighted by atomic mass is 10.3. The lowest BCUT2D eigenvalue weighted by molar-refractivity contribution is 0.103. The molecular weight excluding hydrogens is 222 g/mol. The van der Waals surface area contributed by atoms with Gasteiger partial charge in [0, 0.05) is 7.05 Å². The predicted molar refractivity (Wildman–Crippen MR) is 47.8 cm³/mol. The van der Waals surface area contributed by atoms with Crippen molar-refractivity contribution in [1.29, 1.82) is 0 Å². The van der Waals surface area contributed by atoms with Crippen LogP contribution in [0.4, 0.5) is 0 Å². The molecule has 12 heavy (non-hydrogen) atoms. The molecule has 5 heteroatoms. The molecule has 0 fully saturated rings. The number of aromatic nitrogens is 3. The molecule has 1 heterocycles. The van der Waals surface area contributed by atoms with Gasteiger partial charge in [-0.05, 0) is 28.9 Å². The van der Waals surface area contributed by atoms with E-state index in [1.165, 1.54) is 10.8 Å². The fourth-order valence-electron chi connectivity index (χ4n) is 0.823. The minimum Gasteiger partial charge on any atom is -0.287 e. The van der Waals surface area contributed by atoms with Gasteiger partial charge in [-0.15, -0.1) is 5.10 Å². The molecule has 0 saturated heterocycles. The number of allylic oxidation sites excluding steroid dienone is 2. The average Bonchev–Trinajstić information content (AvgIpc) is 2.32. The van der Waals surface area contributed by atoms with Crippen LogP contribution >= 0.6 is 15.9 Å². The summed E-state index contributed by atoms with van der Waals surface area (Å²) in [5.74, 6) is -0.100. The maximum atomic E-state index is 11.3. The van der Waals surface area contributed by atoms with Gasteiger partial charge in [-0.25, -0.2) is 4.68 Å². The molecule has 0 bridgehead atoms. The normalized spacial score (nSPS) is 10.9. The largest absolute Gasteiger partial charge is 0.287 e. The van der Waals surface area contributed by atoms with Crippen LogP contribution in [0.15, 0.2) is 16.8 Å². The Kier molecular flexibility index (Phi) is 2.75. The zero-order valence-corrected chi connectivity index (χ0v) is 8.37. The van der Waals surface area contributed by atoms with E-state index in [9.17, 15) is 4.79 Å². The van der Waals surface area contributed by atoms with Crippen molar-refractivity contribution in [2.24, 2.45) is 7.05 Å². The molecule has 0 aliphatic heterocycles. The summed E-state index contributed by atoms with van der Waals surface area (Å²) in [4.78, 5) is 11.3. The number of carbonyl (C=O) groups is 1. The van der Waals surface area contributed by atoms with E-state index in [4.69, 9.17) is 0 Å². The number of ketones is 1. The molecular formula is C7H8BrN3O. The quantitative estimate of drug-likeness (QED) is 0.568. The van der Waals surface area contributed by atoms with E-state index >= 15 is 0 Å². The van der Waals surface area contributed by atoms with Crippen LogP contribution in [0.1, 0.15) is 17.4 Å². The summed E-state index contributed by atoms with van der Waals surface area (Å²) in [6.45, 7) is 1.79. The molecule has 0 aromatic carbocycles. The molecule has 0 unspecified atom stereocenters. The molecule has 0 aliphatic rings. The van der Waals surface area contributed by atoms with E-state index in [0.717, 1.165) is 0 Å². The van der Waals surface area contributed by atoms with E-state index < -0.39 is 0 Å². The van der Waals surface area contributed by atoms with Gasteiger partial charge in [0.1, 0.15) is 5.69 Å². The van der Waals surface area contributed by atoms with Crippen LogP contribution in [0.25, 0.3) is 0 Å². The Morgan fingerprint density at radius 1 is 1.67 bits per heavy atom. The fraction of sp³-hybridized carbons (Fsp3) is 0.286. The zero-order chi connectivity index (χ0) is 9.14. The monoisotopic (exact) mass is 229 g/mol. The first-order chi connectivity index (χ1) is 5.66. The SMILES string of the molecule is C/C=C/C(=O)c1c(Br)nnn1C. The van der Waals surface area contributed by atoms with Gasteiger partial charge in [-0.3, -0.25) is 4.79 Å². The summed E-state index contributed by atoms with van der Waals surface area (Å²) >= 11 is 3.14. The maximum absolute atomic E-state index is 11.3. The summed E-state index contributed by atoms with van der Waals surface area (Å²) in [6.07, 6.45) is 3.16. The summed E-state index contributed by atoms with van der Waals surface area (Å²) in [7, 11) is 1.68. The Labute approximate surface area is 78.4 Å². The maximum Gasteiger partial charge on any atom is 0.206 e. The Hall–Kier alpha value is -0.970. The topological polar surface area (TPSA) is 47.8 Å². The molecule has 1 aromatic heterocycles. The van der Waals surface area contributed by atoms with Gasteiger partial charge in [-0.1, -0.05) is 11.3 Å². The van der Waals surface area contributed by atoms with Crippen molar-refractivity contribution in [3.8, 4) is 0 Å². The average molecular weight is 230 g/mol. The highest BCUT2D eigenvalue weighted by molar-refractivity contribution is 9.10. The third-order valence-corrected chi connectivity index (χ3v) is 1.87. The Morgan fingerprint density at radius 2 is 2.33 bits per heavy atom. The fourth-order valence-corrected chi connectivity index (χ4v) is 1.35. The van der Waals surface area contributed by atoms with Crippen LogP contribution in [-0.2, 0) is 7.05 Å². The highest BCUT2D eigenvalue weighted by Gasteiger charge is 2.13. The lowest BCUT2D eigenvalue weighted by Crippen LogP contribution is -2.04. The lowest BCUT2D eigenvalue weighted by Gasteiger charge is -1.93. The van der Waals surface area contributed by atoms with Gasteiger partial charge in [0.15, 0.2) is 4.60 Å². The molecule has 4 nitrogen and oxygen atoms in total. The van der Waals surface area contributed by atoms with Crippen LogP contribution < -0.4 is 0 Å². The van der Waals surface area contributed by atoms with Gasteiger partial charge in [-0.2, -0.15) is 0 Å². The first-order valence-corrected chi connectivity index (χ1v) is 4.18. The molecule has 1 aromatic rings. The smallest absolute Gasteiger partial charge is 0.206 e. The Bertz CT molecular complexity index is 310. The van der Waals surface area contributed by atoms with Crippen molar-refractivity contribution in [3.05, 3.63) is 22.4 Å². The van der Waals surface area contributed by atoms with Crippen LogP contribution in [0.3, 0.4) is 0 Å². The van der Waals surface area contributed by atoms with E-state index in [2.05, 4.69) is 26.2 Å². The van der Waals surface area contributed by atoms with E-state index in [0.29, 0.717) is 10.3 Å². The van der Waals surface area contributed by atoms with E-state index in [1.807, 2.05) is 0 Å². The van der Waals surface area contributed by atoms with Crippen molar-refractivity contribution in [2.45, 2.75) is 6.92 Å². The first kappa shape index (κ1) is 9.12. The molecule has 1 rings (SSSR count). The molecule has 0 radical (unpaired) electrons. The summed E-state index contributed by atoms with van der Waals surface area (Å²) in [5, 5.41) is 7.38. The van der Waals surface area contributed by atoms with E-state index in [1.54, 1.807) is 20.0 Å². The molecule has 0 atom stereocenters. The van der Waals surface area contributed by atoms with Gasteiger partial charge in [0.2, 0.25) is 5.78 Å². The zero-order valence-electron chi connectivity index (χ0n) is 6.78. The van der Waals surface area contributed by atoms with Crippen molar-refractivity contribution in [2.75, 3.05) is 0 Å². The van der Waals surface area contributed by atoms with Crippen LogP contribution in [0.2, 0.25) is 0 Å². The first-order valence-electron chi connectivity index (χ1n) is 3.39. The van der Waals surface area contributed by atoms with E-state index in [-0.39, 0.29) is 5.78 Å². The second-order valence-corrected chi connectivity index (χ2v) is 2.97. The van der Waals surface area contributed by atoms with Crippen molar-refractivity contribution in [3.63, 3.8) is 0 Å². The third kappa shape index (κ3) is 1.61. The molecule has 0 aliphatic carbocycles. The van der Waals surface area contributed by atoms with Gasteiger partial charge in [0.25, 0.3) is 0 Å². The summed E-state index contributed by atoms with van der Waals surface area (Å²) in [6, 6.07) is 0. The number of halogens is 1. The minimum absolute atomic E-state index is 0.100. The van der Waals surface area contributed by atoms with Crippen molar-refractivity contribution in [1.82, 2.24) is 15.0 Å². The molecule has 0 spiro atoms. The summed E-state index contributed by atoms with van der Waals surface area (Å²) < 4.78 is 1.92. The Balaban J connectivity index is 3.09. The van der Waals surface area contributed by atoms with Gasteiger partial charge >= 0.3 is 0 Å². The highest BCUT2D eigenvalue weighted by Crippen LogP contribution is 2.12. The molecule has 0 amide bonds. The Morgan fingerprint density at radius 3 is 2.75 bits per heavy atom. The second kappa shape index (κ2) is 3.62. The standard InChI is InChI=1S/C7H8BrN3O/c1-3-4-5(12)6-7(8)9-10-11(6)2/h3-4H,1-2H3/b4-3+. The molecule has 0 saturated carbocycles. The van der Waals surface area contributed by atoms with Crippen LogP contribution in [-0.4, -0.2) is 20.8 Å². The summed E-state index contributed by atoms with van der Waals surface area (Å²) in [5.41, 5.74) is 0.466. The molecule has 0 N–H and O–H groups in total. The van der Waals surface area contributed by atoms with Crippen molar-refractivity contribution < 1.29 is 4.79 Å². The number of aryl methyl sites for hydroxylation is 1. The third-order valence-electron chi connectivity index (χ3n) is 1.34. The number of hydrogen-bond acceptors (Lipinski definition) is 3. The highest BCUT2D eigenvalue weighted by atomic mass is 79.9. The number of hydrogen-bond donors (Lipinski definition) is 0. The number of carbonyl (C=O) groups excluding carboxylic acids is 1. The predicted octanol–water partition coefficient (Wildman–Crippen LogP) is 1.34. The molecule has 64 valence electrons.